The van der Waals surface area contributed by atoms with E-state index in [0.717, 1.165) is 6.54 Å². The molecular weight excluding hydrogens is 290 g/mol. The summed E-state index contributed by atoms with van der Waals surface area (Å²) < 4.78 is 2.82. The van der Waals surface area contributed by atoms with Crippen molar-refractivity contribution in [3.8, 4) is 0 Å². The molecule has 0 radical (unpaired) electrons. The van der Waals surface area contributed by atoms with E-state index in [9.17, 15) is 0 Å². The Morgan fingerprint density at radius 3 is 2.63 bits per heavy atom. The SMILES string of the molecule is CCNC(c1cc2sccc2s1)c1cc(C)sc1C. The van der Waals surface area contributed by atoms with E-state index in [0.29, 0.717) is 6.04 Å². The molecule has 0 aromatic carbocycles. The van der Waals surface area contributed by atoms with Gasteiger partial charge in [-0.2, -0.15) is 0 Å². The number of rotatable bonds is 4. The summed E-state index contributed by atoms with van der Waals surface area (Å²) in [5.41, 5.74) is 1.44. The number of fused-ring (bicyclic) bond motifs is 1. The molecule has 0 aliphatic heterocycles. The summed E-state index contributed by atoms with van der Waals surface area (Å²) in [6.07, 6.45) is 0. The highest BCUT2D eigenvalue weighted by Crippen LogP contribution is 2.38. The number of hydrogen-bond acceptors (Lipinski definition) is 4. The van der Waals surface area contributed by atoms with Gasteiger partial charge in [0.15, 0.2) is 0 Å². The van der Waals surface area contributed by atoms with Crippen LogP contribution in [-0.4, -0.2) is 6.54 Å². The Labute approximate surface area is 125 Å². The quantitative estimate of drug-likeness (QED) is 0.686. The van der Waals surface area contributed by atoms with E-state index in [-0.39, 0.29) is 0 Å². The van der Waals surface area contributed by atoms with Gasteiger partial charge >= 0.3 is 0 Å². The van der Waals surface area contributed by atoms with Gasteiger partial charge in [0.2, 0.25) is 0 Å². The third kappa shape index (κ3) is 2.50. The van der Waals surface area contributed by atoms with Crippen molar-refractivity contribution >= 4 is 43.4 Å². The maximum atomic E-state index is 3.64. The minimum Gasteiger partial charge on any atom is -0.306 e. The van der Waals surface area contributed by atoms with Crippen LogP contribution in [0.4, 0.5) is 0 Å². The zero-order valence-electron chi connectivity index (χ0n) is 11.3. The first-order valence-corrected chi connectivity index (χ1v) is 8.97. The second kappa shape index (κ2) is 5.37. The summed E-state index contributed by atoms with van der Waals surface area (Å²) >= 11 is 5.65. The van der Waals surface area contributed by atoms with Gasteiger partial charge in [-0.15, -0.1) is 34.0 Å². The van der Waals surface area contributed by atoms with Crippen LogP contribution in [0.1, 0.15) is 33.2 Å². The lowest BCUT2D eigenvalue weighted by atomic mass is 10.1. The van der Waals surface area contributed by atoms with Crippen molar-refractivity contribution in [2.24, 2.45) is 0 Å². The minimum absolute atomic E-state index is 0.347. The van der Waals surface area contributed by atoms with Crippen LogP contribution in [0.15, 0.2) is 23.6 Å². The van der Waals surface area contributed by atoms with Crippen LogP contribution < -0.4 is 5.32 Å². The largest absolute Gasteiger partial charge is 0.306 e. The van der Waals surface area contributed by atoms with Gasteiger partial charge in [-0.3, -0.25) is 0 Å². The standard InChI is InChI=1S/C15H17NS3/c1-4-16-15(11-7-9(2)18-10(11)3)14-8-13-12(19-14)5-6-17-13/h5-8,15-16H,4H2,1-3H3. The minimum atomic E-state index is 0.347. The molecule has 3 aromatic heterocycles. The highest BCUT2D eigenvalue weighted by molar-refractivity contribution is 7.27. The molecule has 0 amide bonds. The molecule has 0 fully saturated rings. The van der Waals surface area contributed by atoms with Gasteiger partial charge in [-0.05, 0) is 49.5 Å². The van der Waals surface area contributed by atoms with E-state index >= 15 is 0 Å². The molecule has 3 aromatic rings. The first-order chi connectivity index (χ1) is 9.19. The fraction of sp³-hybridized carbons (Fsp3) is 0.333. The number of thiophene rings is 3. The topological polar surface area (TPSA) is 12.0 Å². The van der Waals surface area contributed by atoms with Crippen LogP contribution in [0.25, 0.3) is 9.40 Å². The lowest BCUT2D eigenvalue weighted by molar-refractivity contribution is 0.639. The van der Waals surface area contributed by atoms with Gasteiger partial charge in [0, 0.05) is 24.0 Å². The highest BCUT2D eigenvalue weighted by Gasteiger charge is 2.19. The lowest BCUT2D eigenvalue weighted by Gasteiger charge is -2.16. The molecule has 0 aliphatic rings. The lowest BCUT2D eigenvalue weighted by Crippen LogP contribution is -2.21. The summed E-state index contributed by atoms with van der Waals surface area (Å²) in [5.74, 6) is 0. The summed E-state index contributed by atoms with van der Waals surface area (Å²) in [6.45, 7) is 7.59. The Hall–Kier alpha value is -0.680. The Morgan fingerprint density at radius 1 is 1.16 bits per heavy atom. The second-order valence-electron chi connectivity index (χ2n) is 4.66. The molecule has 3 heterocycles. The van der Waals surface area contributed by atoms with Crippen molar-refractivity contribution in [3.05, 3.63) is 43.8 Å². The Morgan fingerprint density at radius 2 is 2.00 bits per heavy atom. The average molecular weight is 308 g/mol. The predicted molar refractivity (Wildman–Crippen MR) is 89.0 cm³/mol. The van der Waals surface area contributed by atoms with Crippen LogP contribution in [0, 0.1) is 13.8 Å². The maximum absolute atomic E-state index is 3.64. The summed E-state index contributed by atoms with van der Waals surface area (Å²) in [7, 11) is 0. The van der Waals surface area contributed by atoms with Crippen molar-refractivity contribution in [2.45, 2.75) is 26.8 Å². The van der Waals surface area contributed by atoms with Crippen LogP contribution in [0.2, 0.25) is 0 Å². The molecule has 3 rings (SSSR count). The predicted octanol–water partition coefficient (Wildman–Crippen LogP) is 5.34. The number of nitrogens with one attached hydrogen (secondary N) is 1. The molecule has 1 unspecified atom stereocenters. The second-order valence-corrected chi connectivity index (χ2v) is 8.18. The van der Waals surface area contributed by atoms with Gasteiger partial charge in [0.25, 0.3) is 0 Å². The smallest absolute Gasteiger partial charge is 0.0682 e. The molecule has 0 saturated carbocycles. The molecule has 0 saturated heterocycles. The van der Waals surface area contributed by atoms with Crippen molar-refractivity contribution in [1.29, 1.82) is 0 Å². The molecule has 1 atom stereocenters. The molecule has 1 N–H and O–H groups in total. The zero-order chi connectivity index (χ0) is 13.4. The summed E-state index contributed by atoms with van der Waals surface area (Å²) in [6, 6.07) is 7.26. The zero-order valence-corrected chi connectivity index (χ0v) is 13.8. The van der Waals surface area contributed by atoms with Crippen molar-refractivity contribution in [3.63, 3.8) is 0 Å². The van der Waals surface area contributed by atoms with Gasteiger partial charge in [0.05, 0.1) is 6.04 Å². The molecule has 0 bridgehead atoms. The van der Waals surface area contributed by atoms with Gasteiger partial charge in [-0.25, -0.2) is 0 Å². The average Bonchev–Trinajstić information content (AvgIpc) is 3.00. The fourth-order valence-corrected chi connectivity index (χ4v) is 5.61. The van der Waals surface area contributed by atoms with Crippen LogP contribution in [0.3, 0.4) is 0 Å². The van der Waals surface area contributed by atoms with E-state index in [4.69, 9.17) is 0 Å². The van der Waals surface area contributed by atoms with Crippen LogP contribution in [-0.2, 0) is 0 Å². The maximum Gasteiger partial charge on any atom is 0.0682 e. The molecule has 19 heavy (non-hydrogen) atoms. The number of hydrogen-bond donors (Lipinski definition) is 1. The first-order valence-electron chi connectivity index (χ1n) is 6.46. The monoisotopic (exact) mass is 307 g/mol. The summed E-state index contributed by atoms with van der Waals surface area (Å²) in [5, 5.41) is 5.82. The van der Waals surface area contributed by atoms with Crippen molar-refractivity contribution in [1.82, 2.24) is 5.32 Å². The van der Waals surface area contributed by atoms with Gasteiger partial charge in [-0.1, -0.05) is 6.92 Å². The fourth-order valence-electron chi connectivity index (χ4n) is 2.43. The third-order valence-corrected chi connectivity index (χ3v) is 6.38. The summed E-state index contributed by atoms with van der Waals surface area (Å²) in [4.78, 5) is 4.26. The first kappa shape index (κ1) is 13.3. The van der Waals surface area contributed by atoms with Crippen molar-refractivity contribution in [2.75, 3.05) is 6.54 Å². The van der Waals surface area contributed by atoms with Crippen LogP contribution >= 0.6 is 34.0 Å². The van der Waals surface area contributed by atoms with E-state index in [1.165, 1.54) is 29.6 Å². The van der Waals surface area contributed by atoms with Crippen LogP contribution in [0.5, 0.6) is 0 Å². The molecular formula is C15H17NS3. The van der Waals surface area contributed by atoms with Gasteiger partial charge in [0.1, 0.15) is 0 Å². The van der Waals surface area contributed by atoms with E-state index in [1.54, 1.807) is 0 Å². The van der Waals surface area contributed by atoms with Crippen molar-refractivity contribution < 1.29 is 0 Å². The molecule has 4 heteroatoms. The Kier molecular flexibility index (Phi) is 3.76. The Bertz CT molecular complexity index is 661. The molecule has 100 valence electrons. The van der Waals surface area contributed by atoms with E-state index in [1.807, 2.05) is 34.0 Å². The number of aryl methyl sites for hydroxylation is 2. The third-order valence-electron chi connectivity index (χ3n) is 3.24. The normalized spacial score (nSPS) is 13.2. The molecule has 1 nitrogen and oxygen atoms in total. The van der Waals surface area contributed by atoms with E-state index < -0.39 is 0 Å². The Balaban J connectivity index is 2.05. The van der Waals surface area contributed by atoms with Gasteiger partial charge < -0.3 is 5.32 Å². The highest BCUT2D eigenvalue weighted by atomic mass is 32.1. The molecule has 0 spiro atoms. The van der Waals surface area contributed by atoms with E-state index in [2.05, 4.69) is 49.7 Å². The molecule has 0 aliphatic carbocycles.